The molecule has 0 aliphatic rings. The standard InChI is InChI=1S/C10H13ClFN3O3S/c1-2-8(10(13)14-16)15-19(17,18)9-5-6(12)3-4-7(9)11/h3-5,8,15-16H,2H2,1H3,(H2,13,14). The van der Waals surface area contributed by atoms with Crippen LogP contribution in [0.25, 0.3) is 0 Å². The van der Waals surface area contributed by atoms with Crippen molar-refractivity contribution < 1.29 is 18.0 Å². The Morgan fingerprint density at radius 1 is 1.63 bits per heavy atom. The normalized spacial score (nSPS) is 14.4. The van der Waals surface area contributed by atoms with Gasteiger partial charge in [0.25, 0.3) is 0 Å². The van der Waals surface area contributed by atoms with Gasteiger partial charge in [-0.1, -0.05) is 23.7 Å². The number of hydrogen-bond donors (Lipinski definition) is 3. The Balaban J connectivity index is 3.14. The van der Waals surface area contributed by atoms with E-state index in [0.29, 0.717) is 0 Å². The van der Waals surface area contributed by atoms with Gasteiger partial charge < -0.3 is 10.9 Å². The molecule has 6 nitrogen and oxygen atoms in total. The van der Waals surface area contributed by atoms with Crippen LogP contribution in [0.2, 0.25) is 5.02 Å². The third kappa shape index (κ3) is 3.79. The number of halogens is 2. The Morgan fingerprint density at radius 2 is 2.26 bits per heavy atom. The molecule has 0 aliphatic carbocycles. The second-order valence-corrected chi connectivity index (χ2v) is 5.77. The van der Waals surface area contributed by atoms with Crippen LogP contribution in [0.3, 0.4) is 0 Å². The first kappa shape index (κ1) is 15.7. The molecule has 0 heterocycles. The SMILES string of the molecule is CCC(NS(=O)(=O)c1cc(F)ccc1Cl)/C(N)=N/O. The molecule has 0 bridgehead atoms. The van der Waals surface area contributed by atoms with Gasteiger partial charge in [-0.05, 0) is 24.6 Å². The molecule has 1 unspecified atom stereocenters. The van der Waals surface area contributed by atoms with Crippen molar-refractivity contribution in [2.45, 2.75) is 24.3 Å². The first-order chi connectivity index (χ1) is 8.81. The summed E-state index contributed by atoms with van der Waals surface area (Å²) in [5, 5.41) is 11.2. The molecule has 106 valence electrons. The minimum absolute atomic E-state index is 0.122. The smallest absolute Gasteiger partial charge is 0.242 e. The van der Waals surface area contributed by atoms with Gasteiger partial charge in [0.2, 0.25) is 10.0 Å². The first-order valence-corrected chi connectivity index (χ1v) is 7.12. The fraction of sp³-hybridized carbons (Fsp3) is 0.300. The number of nitrogens with two attached hydrogens (primary N) is 1. The minimum atomic E-state index is -4.07. The van der Waals surface area contributed by atoms with Crippen LogP contribution in [0.5, 0.6) is 0 Å². The lowest BCUT2D eigenvalue weighted by Crippen LogP contribution is -2.44. The van der Waals surface area contributed by atoms with Gasteiger partial charge in [-0.3, -0.25) is 0 Å². The molecule has 4 N–H and O–H groups in total. The number of oxime groups is 1. The summed E-state index contributed by atoms with van der Waals surface area (Å²) in [6.07, 6.45) is 0.252. The third-order valence-corrected chi connectivity index (χ3v) is 4.31. The number of amidine groups is 1. The molecule has 0 spiro atoms. The number of hydrogen-bond acceptors (Lipinski definition) is 4. The summed E-state index contributed by atoms with van der Waals surface area (Å²) in [5.41, 5.74) is 5.35. The molecule has 0 radical (unpaired) electrons. The van der Waals surface area contributed by atoms with E-state index in [4.69, 9.17) is 22.5 Å². The Morgan fingerprint density at radius 3 is 2.79 bits per heavy atom. The average molecular weight is 310 g/mol. The molecule has 1 aromatic carbocycles. The summed E-state index contributed by atoms with van der Waals surface area (Å²) in [7, 11) is -4.07. The average Bonchev–Trinajstić information content (AvgIpc) is 2.37. The largest absolute Gasteiger partial charge is 0.409 e. The Kier molecular flexibility index (Phi) is 5.10. The van der Waals surface area contributed by atoms with Crippen molar-refractivity contribution in [1.29, 1.82) is 0 Å². The van der Waals surface area contributed by atoms with E-state index in [9.17, 15) is 12.8 Å². The number of nitrogens with zero attached hydrogens (tertiary/aromatic N) is 1. The van der Waals surface area contributed by atoms with Gasteiger partial charge >= 0.3 is 0 Å². The highest BCUT2D eigenvalue weighted by Gasteiger charge is 2.24. The first-order valence-electron chi connectivity index (χ1n) is 5.26. The molecule has 0 aromatic heterocycles. The monoisotopic (exact) mass is 309 g/mol. The highest BCUT2D eigenvalue weighted by atomic mass is 35.5. The van der Waals surface area contributed by atoms with Gasteiger partial charge in [0.05, 0.1) is 11.1 Å². The van der Waals surface area contributed by atoms with E-state index < -0.39 is 26.8 Å². The summed E-state index contributed by atoms with van der Waals surface area (Å²) in [4.78, 5) is -0.404. The summed E-state index contributed by atoms with van der Waals surface area (Å²) in [6, 6.07) is 2.07. The fourth-order valence-electron chi connectivity index (χ4n) is 1.36. The van der Waals surface area contributed by atoms with E-state index in [1.807, 2.05) is 0 Å². The minimum Gasteiger partial charge on any atom is -0.409 e. The third-order valence-electron chi connectivity index (χ3n) is 2.36. The molecule has 0 aliphatic heterocycles. The Labute approximate surface area is 115 Å². The molecule has 0 saturated heterocycles. The second-order valence-electron chi connectivity index (χ2n) is 3.68. The highest BCUT2D eigenvalue weighted by Crippen LogP contribution is 2.22. The van der Waals surface area contributed by atoms with Crippen molar-refractivity contribution in [3.05, 3.63) is 29.0 Å². The zero-order valence-electron chi connectivity index (χ0n) is 9.97. The van der Waals surface area contributed by atoms with Crippen LogP contribution in [-0.2, 0) is 10.0 Å². The van der Waals surface area contributed by atoms with Crippen molar-refractivity contribution in [1.82, 2.24) is 4.72 Å². The van der Waals surface area contributed by atoms with E-state index in [0.717, 1.165) is 18.2 Å². The number of nitrogens with one attached hydrogen (secondary N) is 1. The van der Waals surface area contributed by atoms with E-state index in [2.05, 4.69) is 9.88 Å². The summed E-state index contributed by atoms with van der Waals surface area (Å²) >= 11 is 5.72. The quantitative estimate of drug-likeness (QED) is 0.330. The molecule has 1 aromatic rings. The van der Waals surface area contributed by atoms with Gasteiger partial charge in [-0.2, -0.15) is 0 Å². The van der Waals surface area contributed by atoms with Crippen molar-refractivity contribution in [3.63, 3.8) is 0 Å². The van der Waals surface area contributed by atoms with E-state index in [1.54, 1.807) is 6.92 Å². The lowest BCUT2D eigenvalue weighted by molar-refractivity contribution is 0.315. The lowest BCUT2D eigenvalue weighted by Gasteiger charge is -2.16. The van der Waals surface area contributed by atoms with Crippen LogP contribution in [0.1, 0.15) is 13.3 Å². The van der Waals surface area contributed by atoms with Gasteiger partial charge in [-0.25, -0.2) is 17.5 Å². The zero-order chi connectivity index (χ0) is 14.6. The van der Waals surface area contributed by atoms with Gasteiger partial charge in [0, 0.05) is 0 Å². The van der Waals surface area contributed by atoms with Gasteiger partial charge in [0.15, 0.2) is 5.84 Å². The molecule has 19 heavy (non-hydrogen) atoms. The van der Waals surface area contributed by atoms with Crippen LogP contribution in [0.4, 0.5) is 4.39 Å². The molecular weight excluding hydrogens is 297 g/mol. The fourth-order valence-corrected chi connectivity index (χ4v) is 3.16. The topological polar surface area (TPSA) is 105 Å². The van der Waals surface area contributed by atoms with Crippen LogP contribution in [0, 0.1) is 5.82 Å². The van der Waals surface area contributed by atoms with Crippen LogP contribution >= 0.6 is 11.6 Å². The van der Waals surface area contributed by atoms with Crippen molar-refractivity contribution in [2.75, 3.05) is 0 Å². The molecule has 0 amide bonds. The molecule has 0 fully saturated rings. The number of sulfonamides is 1. The van der Waals surface area contributed by atoms with Crippen molar-refractivity contribution in [3.8, 4) is 0 Å². The second kappa shape index (κ2) is 6.18. The van der Waals surface area contributed by atoms with Gasteiger partial charge in [-0.15, -0.1) is 0 Å². The molecule has 1 rings (SSSR count). The highest BCUT2D eigenvalue weighted by molar-refractivity contribution is 7.89. The van der Waals surface area contributed by atoms with E-state index >= 15 is 0 Å². The van der Waals surface area contributed by atoms with Crippen LogP contribution in [0.15, 0.2) is 28.3 Å². The molecular formula is C10H13ClFN3O3S. The summed E-state index contributed by atoms with van der Waals surface area (Å²) in [6.45, 7) is 1.64. The lowest BCUT2D eigenvalue weighted by atomic mass is 10.2. The maximum Gasteiger partial charge on any atom is 0.242 e. The molecule has 9 heteroatoms. The maximum atomic E-state index is 13.1. The Bertz CT molecular complexity index is 592. The van der Waals surface area contributed by atoms with E-state index in [1.165, 1.54) is 0 Å². The van der Waals surface area contributed by atoms with Crippen molar-refractivity contribution in [2.24, 2.45) is 10.9 Å². The molecule has 1 atom stereocenters. The van der Waals surface area contributed by atoms with Crippen LogP contribution in [-0.4, -0.2) is 25.5 Å². The summed E-state index contributed by atoms with van der Waals surface area (Å²) < 4.78 is 39.3. The number of rotatable bonds is 5. The van der Waals surface area contributed by atoms with Gasteiger partial charge in [0.1, 0.15) is 10.7 Å². The number of benzene rings is 1. The predicted molar refractivity (Wildman–Crippen MR) is 69.2 cm³/mol. The van der Waals surface area contributed by atoms with E-state index in [-0.39, 0.29) is 17.3 Å². The van der Waals surface area contributed by atoms with Crippen LogP contribution < -0.4 is 10.5 Å². The van der Waals surface area contributed by atoms with Crippen molar-refractivity contribution >= 4 is 27.5 Å². The summed E-state index contributed by atoms with van der Waals surface area (Å²) in [5.74, 6) is -1.03. The molecule has 0 saturated carbocycles. The zero-order valence-corrected chi connectivity index (χ0v) is 11.5. The Hall–Kier alpha value is -1.38. The predicted octanol–water partition coefficient (Wildman–Crippen LogP) is 1.28. The maximum absolute atomic E-state index is 13.1.